The molecule has 0 aromatic heterocycles. The molecule has 0 spiro atoms. The summed E-state index contributed by atoms with van der Waals surface area (Å²) in [5.41, 5.74) is 0. The number of rotatable bonds is 11. The van der Waals surface area contributed by atoms with Crippen molar-refractivity contribution < 1.29 is 0 Å². The zero-order chi connectivity index (χ0) is 13.4. The van der Waals surface area contributed by atoms with Crippen LogP contribution in [0, 0.1) is 5.92 Å². The summed E-state index contributed by atoms with van der Waals surface area (Å²) in [5.74, 6) is 0.958. The second-order valence-corrected chi connectivity index (χ2v) is 5.95. The molecule has 0 bridgehead atoms. The summed E-state index contributed by atoms with van der Waals surface area (Å²) in [6.45, 7) is 10.6. The lowest BCUT2D eigenvalue weighted by atomic mass is 10.1. The standard InChI is InChI=1S/C15H33N3/c1-5-10-16-15(14-8-9-14)13-18(6-2)12-7-11-17(3)4/h14-16H,5-13H2,1-4H3. The summed E-state index contributed by atoms with van der Waals surface area (Å²) in [6.07, 6.45) is 5.41. The van der Waals surface area contributed by atoms with Crippen molar-refractivity contribution in [3.05, 3.63) is 0 Å². The summed E-state index contributed by atoms with van der Waals surface area (Å²) >= 11 is 0. The molecule has 0 amide bonds. The molecule has 3 nitrogen and oxygen atoms in total. The SMILES string of the molecule is CCCNC(CN(CC)CCCN(C)C)C1CC1. The Bertz CT molecular complexity index is 202. The molecule has 0 radical (unpaired) electrons. The Morgan fingerprint density at radius 1 is 1.17 bits per heavy atom. The average Bonchev–Trinajstić information content (AvgIpc) is 3.16. The van der Waals surface area contributed by atoms with E-state index in [4.69, 9.17) is 0 Å². The molecular formula is C15H33N3. The Kier molecular flexibility index (Phi) is 7.87. The molecule has 18 heavy (non-hydrogen) atoms. The molecule has 108 valence electrons. The van der Waals surface area contributed by atoms with Crippen LogP contribution < -0.4 is 5.32 Å². The summed E-state index contributed by atoms with van der Waals surface area (Å²) in [4.78, 5) is 4.90. The lowest BCUT2D eigenvalue weighted by Gasteiger charge is -2.27. The van der Waals surface area contributed by atoms with E-state index >= 15 is 0 Å². The van der Waals surface area contributed by atoms with Gasteiger partial charge < -0.3 is 15.1 Å². The van der Waals surface area contributed by atoms with Gasteiger partial charge in [0.2, 0.25) is 0 Å². The van der Waals surface area contributed by atoms with Gasteiger partial charge >= 0.3 is 0 Å². The lowest BCUT2D eigenvalue weighted by Crippen LogP contribution is -2.43. The number of nitrogens with one attached hydrogen (secondary N) is 1. The van der Waals surface area contributed by atoms with Gasteiger partial charge in [0.25, 0.3) is 0 Å². The zero-order valence-corrected chi connectivity index (χ0v) is 12.9. The van der Waals surface area contributed by atoms with Crippen LogP contribution in [-0.4, -0.2) is 62.7 Å². The Labute approximate surface area is 114 Å². The molecule has 1 aliphatic carbocycles. The molecule has 3 heteroatoms. The first-order valence-electron chi connectivity index (χ1n) is 7.77. The van der Waals surface area contributed by atoms with Crippen molar-refractivity contribution in [2.24, 2.45) is 5.92 Å². The Balaban J connectivity index is 2.24. The Morgan fingerprint density at radius 2 is 1.89 bits per heavy atom. The van der Waals surface area contributed by atoms with E-state index in [0.717, 1.165) is 12.0 Å². The minimum absolute atomic E-state index is 0.740. The highest BCUT2D eigenvalue weighted by Crippen LogP contribution is 2.33. The van der Waals surface area contributed by atoms with Crippen molar-refractivity contribution in [2.75, 3.05) is 46.8 Å². The van der Waals surface area contributed by atoms with E-state index in [0.29, 0.717) is 0 Å². The fourth-order valence-electron chi connectivity index (χ4n) is 2.48. The fraction of sp³-hybridized carbons (Fsp3) is 1.00. The smallest absolute Gasteiger partial charge is 0.0223 e. The summed E-state index contributed by atoms with van der Waals surface area (Å²) in [7, 11) is 4.32. The average molecular weight is 255 g/mol. The molecule has 1 rings (SSSR count). The van der Waals surface area contributed by atoms with Gasteiger partial charge in [-0.25, -0.2) is 0 Å². The van der Waals surface area contributed by atoms with Crippen LogP contribution in [0.5, 0.6) is 0 Å². The predicted octanol–water partition coefficient (Wildman–Crippen LogP) is 2.04. The third-order valence-corrected chi connectivity index (χ3v) is 3.83. The molecule has 1 aliphatic rings. The van der Waals surface area contributed by atoms with Crippen LogP contribution in [0.1, 0.15) is 39.5 Å². The summed E-state index contributed by atoms with van der Waals surface area (Å²) in [6, 6.07) is 0.740. The topological polar surface area (TPSA) is 18.5 Å². The van der Waals surface area contributed by atoms with Crippen LogP contribution >= 0.6 is 0 Å². The van der Waals surface area contributed by atoms with Crippen molar-refractivity contribution in [1.82, 2.24) is 15.1 Å². The van der Waals surface area contributed by atoms with Crippen LogP contribution in [-0.2, 0) is 0 Å². The second kappa shape index (κ2) is 8.89. The quantitative estimate of drug-likeness (QED) is 0.609. The molecule has 0 aliphatic heterocycles. The largest absolute Gasteiger partial charge is 0.312 e. The van der Waals surface area contributed by atoms with Crippen molar-refractivity contribution in [2.45, 2.75) is 45.6 Å². The van der Waals surface area contributed by atoms with E-state index in [1.54, 1.807) is 0 Å². The number of hydrogen-bond acceptors (Lipinski definition) is 3. The monoisotopic (exact) mass is 255 g/mol. The molecule has 1 saturated carbocycles. The van der Waals surface area contributed by atoms with Crippen molar-refractivity contribution in [3.63, 3.8) is 0 Å². The highest BCUT2D eigenvalue weighted by atomic mass is 15.2. The van der Waals surface area contributed by atoms with Gasteiger partial charge in [-0.3, -0.25) is 0 Å². The first-order valence-corrected chi connectivity index (χ1v) is 7.77. The summed E-state index contributed by atoms with van der Waals surface area (Å²) < 4.78 is 0. The van der Waals surface area contributed by atoms with Crippen LogP contribution in [0.4, 0.5) is 0 Å². The number of nitrogens with zero attached hydrogens (tertiary/aromatic N) is 2. The number of hydrogen-bond donors (Lipinski definition) is 1. The van der Waals surface area contributed by atoms with Gasteiger partial charge in [-0.15, -0.1) is 0 Å². The van der Waals surface area contributed by atoms with E-state index in [1.807, 2.05) is 0 Å². The molecule has 1 atom stereocenters. The maximum atomic E-state index is 3.74. The molecule has 1 fully saturated rings. The van der Waals surface area contributed by atoms with Crippen molar-refractivity contribution in [3.8, 4) is 0 Å². The lowest BCUT2D eigenvalue weighted by molar-refractivity contribution is 0.229. The highest BCUT2D eigenvalue weighted by molar-refractivity contribution is 4.88. The molecule has 0 heterocycles. The van der Waals surface area contributed by atoms with Gasteiger partial charge in [-0.1, -0.05) is 13.8 Å². The van der Waals surface area contributed by atoms with E-state index < -0.39 is 0 Å². The number of likely N-dealkylation sites (N-methyl/N-ethyl adjacent to an activating group) is 1. The first kappa shape index (κ1) is 15.9. The van der Waals surface area contributed by atoms with Gasteiger partial charge in [0.1, 0.15) is 0 Å². The van der Waals surface area contributed by atoms with E-state index in [1.165, 1.54) is 58.4 Å². The minimum Gasteiger partial charge on any atom is -0.312 e. The Morgan fingerprint density at radius 3 is 2.39 bits per heavy atom. The third kappa shape index (κ3) is 6.72. The van der Waals surface area contributed by atoms with Gasteiger partial charge in [-0.2, -0.15) is 0 Å². The van der Waals surface area contributed by atoms with E-state index in [-0.39, 0.29) is 0 Å². The van der Waals surface area contributed by atoms with Crippen LogP contribution in [0.15, 0.2) is 0 Å². The normalized spacial score (nSPS) is 17.7. The van der Waals surface area contributed by atoms with Gasteiger partial charge in [-0.05, 0) is 71.9 Å². The van der Waals surface area contributed by atoms with Crippen LogP contribution in [0.2, 0.25) is 0 Å². The second-order valence-electron chi connectivity index (χ2n) is 5.95. The van der Waals surface area contributed by atoms with Gasteiger partial charge in [0, 0.05) is 12.6 Å². The molecule has 0 aromatic rings. The minimum atomic E-state index is 0.740. The predicted molar refractivity (Wildman–Crippen MR) is 80.1 cm³/mol. The Hall–Kier alpha value is -0.120. The van der Waals surface area contributed by atoms with E-state index in [2.05, 4.69) is 43.1 Å². The maximum absolute atomic E-state index is 3.74. The van der Waals surface area contributed by atoms with Gasteiger partial charge in [0.15, 0.2) is 0 Å². The first-order chi connectivity index (χ1) is 8.67. The highest BCUT2D eigenvalue weighted by Gasteiger charge is 2.31. The van der Waals surface area contributed by atoms with Crippen molar-refractivity contribution in [1.29, 1.82) is 0 Å². The summed E-state index contributed by atoms with van der Waals surface area (Å²) in [5, 5.41) is 3.74. The molecule has 0 saturated heterocycles. The van der Waals surface area contributed by atoms with Crippen LogP contribution in [0.3, 0.4) is 0 Å². The third-order valence-electron chi connectivity index (χ3n) is 3.83. The molecule has 1 N–H and O–H groups in total. The van der Waals surface area contributed by atoms with Crippen LogP contribution in [0.25, 0.3) is 0 Å². The molecule has 0 aromatic carbocycles. The van der Waals surface area contributed by atoms with E-state index in [9.17, 15) is 0 Å². The maximum Gasteiger partial charge on any atom is 0.0223 e. The molecular weight excluding hydrogens is 222 g/mol. The zero-order valence-electron chi connectivity index (χ0n) is 12.9. The fourth-order valence-corrected chi connectivity index (χ4v) is 2.48. The van der Waals surface area contributed by atoms with Crippen molar-refractivity contribution >= 4 is 0 Å². The molecule has 1 unspecified atom stereocenters. The van der Waals surface area contributed by atoms with Gasteiger partial charge in [0.05, 0.1) is 0 Å².